The summed E-state index contributed by atoms with van der Waals surface area (Å²) in [6, 6.07) is 0. The summed E-state index contributed by atoms with van der Waals surface area (Å²) in [4.78, 5) is 16.4. The molecule has 5 nitrogen and oxygen atoms in total. The zero-order chi connectivity index (χ0) is 17.1. The van der Waals surface area contributed by atoms with Crippen LogP contribution in [-0.2, 0) is 4.79 Å². The monoisotopic (exact) mass is 452 g/mol. The lowest BCUT2D eigenvalue weighted by Gasteiger charge is -2.18. The van der Waals surface area contributed by atoms with Gasteiger partial charge in [-0.2, -0.15) is 0 Å². The van der Waals surface area contributed by atoms with E-state index in [1.54, 1.807) is 0 Å². The van der Waals surface area contributed by atoms with E-state index in [9.17, 15) is 4.79 Å². The van der Waals surface area contributed by atoms with Crippen molar-refractivity contribution in [3.8, 4) is 0 Å². The van der Waals surface area contributed by atoms with Crippen molar-refractivity contribution in [3.63, 3.8) is 0 Å². The van der Waals surface area contributed by atoms with Gasteiger partial charge in [-0.1, -0.05) is 46.5 Å². The molecule has 0 heterocycles. The number of hydrogen-bond acceptors (Lipinski definition) is 2. The molecule has 0 aromatic rings. The summed E-state index contributed by atoms with van der Waals surface area (Å²) >= 11 is 0. The predicted molar refractivity (Wildman–Crippen MR) is 113 cm³/mol. The summed E-state index contributed by atoms with van der Waals surface area (Å²) in [6.45, 7) is 10.9. The van der Waals surface area contributed by atoms with Gasteiger partial charge in [0.2, 0.25) is 5.91 Å². The van der Waals surface area contributed by atoms with E-state index in [1.165, 1.54) is 38.5 Å². The summed E-state index contributed by atoms with van der Waals surface area (Å²) in [5, 5.41) is 9.48. The first-order valence-corrected chi connectivity index (χ1v) is 9.24. The van der Waals surface area contributed by atoms with Crippen molar-refractivity contribution >= 4 is 35.8 Å². The zero-order valence-electron chi connectivity index (χ0n) is 15.9. The molecule has 0 spiro atoms. The van der Waals surface area contributed by atoms with Crippen molar-refractivity contribution in [2.75, 3.05) is 26.2 Å². The number of guanidine groups is 1. The van der Waals surface area contributed by atoms with Crippen LogP contribution in [0.25, 0.3) is 0 Å². The molecule has 1 rings (SSSR count). The molecule has 1 amide bonds. The number of nitrogens with one attached hydrogen (secondary N) is 3. The first kappa shape index (κ1) is 23.5. The van der Waals surface area contributed by atoms with Crippen molar-refractivity contribution in [2.24, 2.45) is 16.3 Å². The Kier molecular flexibility index (Phi) is 12.5. The van der Waals surface area contributed by atoms with Crippen LogP contribution in [0.4, 0.5) is 0 Å². The van der Waals surface area contributed by atoms with E-state index in [4.69, 9.17) is 0 Å². The molecule has 24 heavy (non-hydrogen) atoms. The molecule has 0 aromatic carbocycles. The summed E-state index contributed by atoms with van der Waals surface area (Å²) in [7, 11) is 0. The Balaban J connectivity index is 0.00000529. The molecule has 0 aromatic heterocycles. The first-order chi connectivity index (χ1) is 10.9. The minimum Gasteiger partial charge on any atom is -0.357 e. The average Bonchev–Trinajstić information content (AvgIpc) is 2.99. The van der Waals surface area contributed by atoms with Crippen molar-refractivity contribution in [1.82, 2.24) is 16.0 Å². The van der Waals surface area contributed by atoms with Crippen LogP contribution in [0.2, 0.25) is 0 Å². The number of amides is 1. The number of halogens is 1. The van der Waals surface area contributed by atoms with Gasteiger partial charge in [0.1, 0.15) is 0 Å². The van der Waals surface area contributed by atoms with Gasteiger partial charge in [0, 0.05) is 31.6 Å². The molecule has 1 fully saturated rings. The molecule has 1 aliphatic rings. The normalized spacial score (nSPS) is 15.8. The number of rotatable bonds is 8. The summed E-state index contributed by atoms with van der Waals surface area (Å²) < 4.78 is 0. The predicted octanol–water partition coefficient (Wildman–Crippen LogP) is 3.29. The van der Waals surface area contributed by atoms with Gasteiger partial charge < -0.3 is 16.0 Å². The van der Waals surface area contributed by atoms with Crippen LogP contribution in [0, 0.1) is 11.3 Å². The van der Waals surface area contributed by atoms with E-state index >= 15 is 0 Å². The van der Waals surface area contributed by atoms with Crippen molar-refractivity contribution < 1.29 is 4.79 Å². The standard InChI is InChI=1S/C18H36N4O.HI/c1-5-19-17(21-12-8-11-15-9-6-7-10-15)22-14-13-20-16(23)18(2,3)4;/h15H,5-14H2,1-4H3,(H,20,23)(H2,19,21,22);1H. The molecule has 0 aliphatic heterocycles. The van der Waals surface area contributed by atoms with Gasteiger partial charge in [-0.25, -0.2) is 0 Å². The largest absolute Gasteiger partial charge is 0.357 e. The minimum absolute atomic E-state index is 0. The Morgan fingerprint density at radius 3 is 2.29 bits per heavy atom. The van der Waals surface area contributed by atoms with Gasteiger partial charge in [0.05, 0.1) is 0 Å². The average molecular weight is 452 g/mol. The molecular formula is C18H37IN4O. The lowest BCUT2D eigenvalue weighted by atomic mass is 9.96. The maximum atomic E-state index is 11.8. The van der Waals surface area contributed by atoms with Crippen molar-refractivity contribution in [1.29, 1.82) is 0 Å². The summed E-state index contributed by atoms with van der Waals surface area (Å²) in [5.74, 6) is 1.87. The second-order valence-electron chi connectivity index (χ2n) is 7.49. The fraction of sp³-hybridized carbons (Fsp3) is 0.889. The summed E-state index contributed by atoms with van der Waals surface area (Å²) in [6.07, 6.45) is 8.13. The lowest BCUT2D eigenvalue weighted by molar-refractivity contribution is -0.128. The van der Waals surface area contributed by atoms with Crippen LogP contribution in [0.3, 0.4) is 0 Å². The molecule has 0 radical (unpaired) electrons. The van der Waals surface area contributed by atoms with Crippen LogP contribution < -0.4 is 16.0 Å². The Bertz CT molecular complexity index is 374. The highest BCUT2D eigenvalue weighted by Crippen LogP contribution is 2.28. The zero-order valence-corrected chi connectivity index (χ0v) is 18.2. The number of nitrogens with zero attached hydrogens (tertiary/aromatic N) is 1. The van der Waals surface area contributed by atoms with Crippen LogP contribution in [-0.4, -0.2) is 38.0 Å². The Morgan fingerprint density at radius 2 is 1.71 bits per heavy atom. The molecule has 0 atom stereocenters. The Hall–Kier alpha value is -0.530. The van der Waals surface area contributed by atoms with E-state index < -0.39 is 0 Å². The second-order valence-corrected chi connectivity index (χ2v) is 7.49. The number of hydrogen-bond donors (Lipinski definition) is 3. The van der Waals surface area contributed by atoms with Crippen LogP contribution in [0.1, 0.15) is 66.2 Å². The smallest absolute Gasteiger partial charge is 0.225 e. The Labute approximate surface area is 165 Å². The summed E-state index contributed by atoms with van der Waals surface area (Å²) in [5.41, 5.74) is -0.334. The fourth-order valence-corrected chi connectivity index (χ4v) is 2.83. The number of carbonyl (C=O) groups is 1. The number of carbonyl (C=O) groups excluding carboxylic acids is 1. The highest BCUT2D eigenvalue weighted by molar-refractivity contribution is 14.0. The lowest BCUT2D eigenvalue weighted by Crippen LogP contribution is -2.43. The van der Waals surface area contributed by atoms with Crippen LogP contribution >= 0.6 is 24.0 Å². The van der Waals surface area contributed by atoms with Gasteiger partial charge in [-0.3, -0.25) is 9.79 Å². The van der Waals surface area contributed by atoms with E-state index in [0.29, 0.717) is 13.1 Å². The van der Waals surface area contributed by atoms with E-state index in [1.807, 2.05) is 20.8 Å². The van der Waals surface area contributed by atoms with Crippen LogP contribution in [0.5, 0.6) is 0 Å². The Morgan fingerprint density at radius 1 is 1.08 bits per heavy atom. The molecule has 3 N–H and O–H groups in total. The molecule has 1 saturated carbocycles. The maximum absolute atomic E-state index is 11.8. The van der Waals surface area contributed by atoms with E-state index in [0.717, 1.165) is 25.0 Å². The van der Waals surface area contributed by atoms with Gasteiger partial charge in [0.25, 0.3) is 0 Å². The third-order valence-corrected chi connectivity index (χ3v) is 4.24. The van der Waals surface area contributed by atoms with Crippen molar-refractivity contribution in [3.05, 3.63) is 0 Å². The molecule has 1 aliphatic carbocycles. The van der Waals surface area contributed by atoms with E-state index in [-0.39, 0.29) is 35.3 Å². The fourth-order valence-electron chi connectivity index (χ4n) is 2.83. The molecule has 142 valence electrons. The molecule has 6 heteroatoms. The SMILES string of the molecule is CCNC(=NCCCC1CCCC1)NCCNC(=O)C(C)(C)C.I. The minimum atomic E-state index is -0.334. The number of aliphatic imine (C=N–C) groups is 1. The third-order valence-electron chi connectivity index (χ3n) is 4.24. The molecule has 0 bridgehead atoms. The molecule has 0 unspecified atom stereocenters. The second kappa shape index (κ2) is 12.8. The molecular weight excluding hydrogens is 415 g/mol. The van der Waals surface area contributed by atoms with Gasteiger partial charge >= 0.3 is 0 Å². The van der Waals surface area contributed by atoms with Crippen LogP contribution in [0.15, 0.2) is 4.99 Å². The van der Waals surface area contributed by atoms with Crippen molar-refractivity contribution in [2.45, 2.75) is 66.2 Å². The van der Waals surface area contributed by atoms with Gasteiger partial charge in [-0.05, 0) is 25.7 Å². The highest BCUT2D eigenvalue weighted by Gasteiger charge is 2.20. The third kappa shape index (κ3) is 10.4. The van der Waals surface area contributed by atoms with E-state index in [2.05, 4.69) is 27.9 Å². The first-order valence-electron chi connectivity index (χ1n) is 9.24. The maximum Gasteiger partial charge on any atom is 0.225 e. The highest BCUT2D eigenvalue weighted by atomic mass is 127. The molecule has 0 saturated heterocycles. The van der Waals surface area contributed by atoms with Gasteiger partial charge in [0.15, 0.2) is 5.96 Å². The van der Waals surface area contributed by atoms with Gasteiger partial charge in [-0.15, -0.1) is 24.0 Å². The quantitative estimate of drug-likeness (QED) is 0.229. The topological polar surface area (TPSA) is 65.5 Å².